The van der Waals surface area contributed by atoms with Gasteiger partial charge in [-0.3, -0.25) is 4.79 Å². The van der Waals surface area contributed by atoms with E-state index in [2.05, 4.69) is 20.2 Å². The lowest BCUT2D eigenvalue weighted by molar-refractivity contribution is -0.134. The van der Waals surface area contributed by atoms with Crippen LogP contribution in [0.2, 0.25) is 0 Å². The molecule has 1 amide bonds. The molecule has 0 radical (unpaired) electrons. The Hall–Kier alpha value is -3.05. The summed E-state index contributed by atoms with van der Waals surface area (Å²) in [6.45, 7) is 6.76. The van der Waals surface area contributed by atoms with E-state index in [1.54, 1.807) is 34.0 Å². The van der Waals surface area contributed by atoms with E-state index >= 15 is 0 Å². The van der Waals surface area contributed by atoms with Crippen LogP contribution in [-0.4, -0.2) is 82.3 Å². The van der Waals surface area contributed by atoms with Gasteiger partial charge >= 0.3 is 0 Å². The topological polar surface area (TPSA) is 105 Å². The summed E-state index contributed by atoms with van der Waals surface area (Å²) in [6, 6.07) is 10.1. The number of amides is 1. The Morgan fingerprint density at radius 1 is 1.06 bits per heavy atom. The molecule has 2 aliphatic rings. The third kappa shape index (κ3) is 4.03. The molecule has 2 fully saturated rings. The molecule has 10 nitrogen and oxygen atoms in total. The molecule has 5 rings (SSSR count). The summed E-state index contributed by atoms with van der Waals surface area (Å²) >= 11 is 0. The summed E-state index contributed by atoms with van der Waals surface area (Å²) in [4.78, 5) is 21.8. The average Bonchev–Trinajstić information content (AvgIpc) is 3.52. The van der Waals surface area contributed by atoms with Crippen LogP contribution in [0.5, 0.6) is 0 Å². The molecule has 2 saturated heterocycles. The number of carbonyl (C=O) groups excluding carboxylic acids is 1. The van der Waals surface area contributed by atoms with E-state index in [1.807, 2.05) is 32.0 Å². The number of hydrogen-bond donors (Lipinski definition) is 0. The van der Waals surface area contributed by atoms with Crippen molar-refractivity contribution in [2.45, 2.75) is 43.7 Å². The van der Waals surface area contributed by atoms with Gasteiger partial charge in [-0.1, -0.05) is 11.3 Å². The van der Waals surface area contributed by atoms with Crippen LogP contribution in [0, 0.1) is 0 Å². The second-order valence-corrected chi connectivity index (χ2v) is 10.9. The zero-order valence-electron chi connectivity index (χ0n) is 19.4. The summed E-state index contributed by atoms with van der Waals surface area (Å²) in [7, 11) is -3.84. The van der Waals surface area contributed by atoms with E-state index in [1.165, 1.54) is 4.31 Å². The van der Waals surface area contributed by atoms with Crippen molar-refractivity contribution in [2.24, 2.45) is 0 Å². The van der Waals surface area contributed by atoms with Gasteiger partial charge in [-0.2, -0.15) is 4.31 Å². The highest BCUT2D eigenvalue weighted by Crippen LogP contribution is 2.29. The lowest BCUT2D eigenvalue weighted by Crippen LogP contribution is -2.54. The maximum Gasteiger partial charge on any atom is 0.243 e. The molecule has 0 spiro atoms. The number of anilines is 1. The number of pyridine rings is 1. The Bertz CT molecular complexity index is 1280. The minimum Gasteiger partial charge on any atom is -0.353 e. The number of carbonyl (C=O) groups is 1. The fraction of sp³-hybridized carbons (Fsp3) is 0.478. The summed E-state index contributed by atoms with van der Waals surface area (Å²) in [5.74, 6) is 0.776. The molecule has 4 heterocycles. The number of sulfonamides is 1. The van der Waals surface area contributed by atoms with Crippen LogP contribution in [-0.2, 0) is 14.8 Å². The molecule has 11 heteroatoms. The van der Waals surface area contributed by atoms with Crippen LogP contribution in [0.4, 0.5) is 5.82 Å². The van der Waals surface area contributed by atoms with Gasteiger partial charge in [-0.05, 0) is 57.0 Å². The highest BCUT2D eigenvalue weighted by Gasteiger charge is 2.41. The molecule has 0 N–H and O–H groups in total. The molecule has 34 heavy (non-hydrogen) atoms. The number of piperazine rings is 1. The summed E-state index contributed by atoms with van der Waals surface area (Å²) in [6.07, 6.45) is 2.95. The Morgan fingerprint density at radius 3 is 2.56 bits per heavy atom. The van der Waals surface area contributed by atoms with Crippen molar-refractivity contribution in [1.82, 2.24) is 29.2 Å². The number of benzene rings is 1. The predicted molar refractivity (Wildman–Crippen MR) is 128 cm³/mol. The summed E-state index contributed by atoms with van der Waals surface area (Å²) in [5.41, 5.74) is 1.32. The van der Waals surface area contributed by atoms with Crippen LogP contribution in [0.1, 0.15) is 32.7 Å². The SMILES string of the molecule is CC(C)n1nnc2cc(S(=O)(=O)N3CCCC3C(=O)N3CCN(c4ccccn4)CC3)ccc21. The van der Waals surface area contributed by atoms with Gasteiger partial charge in [0.25, 0.3) is 0 Å². The van der Waals surface area contributed by atoms with E-state index in [9.17, 15) is 13.2 Å². The van der Waals surface area contributed by atoms with Crippen molar-refractivity contribution in [2.75, 3.05) is 37.6 Å². The van der Waals surface area contributed by atoms with E-state index in [4.69, 9.17) is 0 Å². The molecule has 2 aliphatic heterocycles. The Labute approximate surface area is 199 Å². The molecule has 0 saturated carbocycles. The van der Waals surface area contributed by atoms with E-state index in [0.717, 1.165) is 11.3 Å². The molecule has 3 aromatic rings. The first-order valence-electron chi connectivity index (χ1n) is 11.7. The zero-order chi connectivity index (χ0) is 23.9. The lowest BCUT2D eigenvalue weighted by atomic mass is 10.2. The van der Waals surface area contributed by atoms with Crippen molar-refractivity contribution in [3.8, 4) is 0 Å². The van der Waals surface area contributed by atoms with Crippen molar-refractivity contribution < 1.29 is 13.2 Å². The third-order valence-electron chi connectivity index (χ3n) is 6.59. The fourth-order valence-electron chi connectivity index (χ4n) is 4.78. The van der Waals surface area contributed by atoms with Gasteiger partial charge in [0.1, 0.15) is 17.4 Å². The Balaban J connectivity index is 1.32. The predicted octanol–water partition coefficient (Wildman–Crippen LogP) is 1.91. The quantitative estimate of drug-likeness (QED) is 0.546. The summed E-state index contributed by atoms with van der Waals surface area (Å²) in [5, 5.41) is 8.28. The first-order chi connectivity index (χ1) is 16.4. The zero-order valence-corrected chi connectivity index (χ0v) is 20.2. The minimum absolute atomic E-state index is 0.117. The van der Waals surface area contributed by atoms with Crippen molar-refractivity contribution >= 4 is 32.8 Å². The number of nitrogens with zero attached hydrogens (tertiary/aromatic N) is 7. The lowest BCUT2D eigenvalue weighted by Gasteiger charge is -2.37. The normalized spacial score (nSPS) is 19.9. The summed E-state index contributed by atoms with van der Waals surface area (Å²) < 4.78 is 30.2. The highest BCUT2D eigenvalue weighted by atomic mass is 32.2. The smallest absolute Gasteiger partial charge is 0.243 e. The second kappa shape index (κ2) is 8.95. The van der Waals surface area contributed by atoms with Gasteiger partial charge in [0, 0.05) is 45.0 Å². The van der Waals surface area contributed by atoms with E-state index < -0.39 is 16.1 Å². The molecule has 2 aromatic heterocycles. The first kappa shape index (κ1) is 22.7. The molecule has 180 valence electrons. The van der Waals surface area contributed by atoms with E-state index in [0.29, 0.717) is 51.1 Å². The molecule has 1 aromatic carbocycles. The van der Waals surface area contributed by atoms with Gasteiger partial charge in [0.2, 0.25) is 15.9 Å². The van der Waals surface area contributed by atoms with Gasteiger partial charge in [0.15, 0.2) is 0 Å². The minimum atomic E-state index is -3.84. The molecular weight excluding hydrogens is 454 g/mol. The molecule has 1 atom stereocenters. The van der Waals surface area contributed by atoms with Gasteiger partial charge in [-0.25, -0.2) is 18.1 Å². The number of aromatic nitrogens is 4. The monoisotopic (exact) mass is 483 g/mol. The maximum absolute atomic E-state index is 13.5. The fourth-order valence-corrected chi connectivity index (χ4v) is 6.45. The van der Waals surface area contributed by atoms with Crippen molar-refractivity contribution in [3.05, 3.63) is 42.6 Å². The molecule has 1 unspecified atom stereocenters. The Morgan fingerprint density at radius 2 is 1.85 bits per heavy atom. The standard InChI is InChI=1S/C23H29N7O3S/c1-17(2)30-20-9-8-18(16-19(20)25-26-30)34(32,33)29-11-5-6-21(29)23(31)28-14-12-27(13-15-28)22-7-3-4-10-24-22/h3-4,7-10,16-17,21H,5-6,11-15H2,1-2H3. The van der Waals surface area contributed by atoms with Crippen LogP contribution in [0.3, 0.4) is 0 Å². The maximum atomic E-state index is 13.5. The molecular formula is C23H29N7O3S. The highest BCUT2D eigenvalue weighted by molar-refractivity contribution is 7.89. The van der Waals surface area contributed by atoms with Gasteiger partial charge in [-0.15, -0.1) is 5.10 Å². The van der Waals surface area contributed by atoms with Crippen molar-refractivity contribution in [3.63, 3.8) is 0 Å². The molecule has 0 aliphatic carbocycles. The van der Waals surface area contributed by atoms with E-state index in [-0.39, 0.29) is 16.8 Å². The third-order valence-corrected chi connectivity index (χ3v) is 8.50. The largest absolute Gasteiger partial charge is 0.353 e. The first-order valence-corrected chi connectivity index (χ1v) is 13.1. The van der Waals surface area contributed by atoms with Crippen LogP contribution in [0.25, 0.3) is 11.0 Å². The Kier molecular flexibility index (Phi) is 5.98. The van der Waals surface area contributed by atoms with Gasteiger partial charge in [0.05, 0.1) is 10.4 Å². The number of fused-ring (bicyclic) bond motifs is 1. The van der Waals surface area contributed by atoms with Crippen LogP contribution < -0.4 is 4.90 Å². The second-order valence-electron chi connectivity index (χ2n) is 9.05. The number of hydrogen-bond acceptors (Lipinski definition) is 7. The van der Waals surface area contributed by atoms with Crippen LogP contribution in [0.15, 0.2) is 47.5 Å². The van der Waals surface area contributed by atoms with Crippen LogP contribution >= 0.6 is 0 Å². The van der Waals surface area contributed by atoms with Crippen molar-refractivity contribution in [1.29, 1.82) is 0 Å². The van der Waals surface area contributed by atoms with Gasteiger partial charge < -0.3 is 9.80 Å². The average molecular weight is 484 g/mol. The number of rotatable bonds is 5. The molecule has 0 bridgehead atoms.